The number of carbonyl (C=O) groups is 2. The number of halogens is 1. The van der Waals surface area contributed by atoms with Gasteiger partial charge in [-0.25, -0.2) is 0 Å². The Morgan fingerprint density at radius 1 is 1.04 bits per heavy atom. The second kappa shape index (κ2) is 8.60. The normalized spacial score (nSPS) is 12.3. The molecule has 6 heteroatoms. The molecule has 0 aliphatic carbocycles. The average Bonchev–Trinajstić information content (AvgIpc) is 2.62. The third kappa shape index (κ3) is 4.40. The third-order valence-corrected chi connectivity index (χ3v) is 5.54. The molecule has 0 radical (unpaired) electrons. The summed E-state index contributed by atoms with van der Waals surface area (Å²) in [5.74, 6) is 0.0535. The summed E-state index contributed by atoms with van der Waals surface area (Å²) in [6, 6.07) is 13.6. The van der Waals surface area contributed by atoms with Crippen molar-refractivity contribution in [3.63, 3.8) is 0 Å². The van der Waals surface area contributed by atoms with Crippen LogP contribution in [0.3, 0.4) is 0 Å². The Morgan fingerprint density at radius 2 is 1.81 bits per heavy atom. The van der Waals surface area contributed by atoms with Crippen molar-refractivity contribution in [1.29, 1.82) is 0 Å². The van der Waals surface area contributed by atoms with Gasteiger partial charge in [-0.15, -0.1) is 0 Å². The summed E-state index contributed by atoms with van der Waals surface area (Å²) in [5.41, 5.74) is 1.76. The van der Waals surface area contributed by atoms with Crippen LogP contribution in [0.15, 0.2) is 52.3 Å². The molecule has 0 saturated carbocycles. The number of hydrogen-bond acceptors (Lipinski definition) is 3. The van der Waals surface area contributed by atoms with Crippen LogP contribution in [0.4, 0.5) is 11.4 Å². The quantitative estimate of drug-likeness (QED) is 0.695. The summed E-state index contributed by atoms with van der Waals surface area (Å²) in [4.78, 5) is 27.7. The molecule has 0 atom stereocenters. The molecule has 3 rings (SSSR count). The van der Waals surface area contributed by atoms with Gasteiger partial charge < -0.3 is 5.32 Å². The van der Waals surface area contributed by atoms with Crippen molar-refractivity contribution in [2.75, 3.05) is 11.4 Å². The highest BCUT2D eigenvalue weighted by atomic mass is 35.5. The van der Waals surface area contributed by atoms with E-state index in [1.54, 1.807) is 16.7 Å². The Hall–Kier alpha value is -1.98. The number of unbranched alkanes of at least 4 members (excludes halogenated alkanes) is 2. The van der Waals surface area contributed by atoms with Gasteiger partial charge in [0.25, 0.3) is 0 Å². The molecular formula is C20H21ClN2O2S. The number of hydrogen-bond donors (Lipinski definition) is 1. The molecule has 2 aromatic carbocycles. The van der Waals surface area contributed by atoms with Crippen molar-refractivity contribution in [1.82, 2.24) is 5.32 Å². The molecule has 1 aliphatic heterocycles. The molecular weight excluding hydrogens is 368 g/mol. The van der Waals surface area contributed by atoms with Crippen molar-refractivity contribution in [2.45, 2.75) is 42.4 Å². The highest BCUT2D eigenvalue weighted by molar-refractivity contribution is 7.99. The van der Waals surface area contributed by atoms with Crippen molar-refractivity contribution in [3.05, 3.63) is 47.5 Å². The largest absolute Gasteiger partial charge is 0.356 e. The number of fused-ring (bicyclic) bond motifs is 2. The highest BCUT2D eigenvalue weighted by Crippen LogP contribution is 2.49. The zero-order valence-electron chi connectivity index (χ0n) is 14.6. The second-order valence-electron chi connectivity index (χ2n) is 6.20. The molecule has 26 heavy (non-hydrogen) atoms. The fourth-order valence-electron chi connectivity index (χ4n) is 2.95. The molecule has 0 unspecified atom stereocenters. The molecule has 1 heterocycles. The smallest absolute Gasteiger partial charge is 0.231 e. The first kappa shape index (κ1) is 18.8. The minimum Gasteiger partial charge on any atom is -0.356 e. The number of rotatable bonds is 6. The lowest BCUT2D eigenvalue weighted by molar-refractivity contribution is -0.119. The van der Waals surface area contributed by atoms with E-state index in [1.165, 1.54) is 6.92 Å². The first-order chi connectivity index (χ1) is 12.6. The van der Waals surface area contributed by atoms with Crippen LogP contribution < -0.4 is 10.2 Å². The van der Waals surface area contributed by atoms with E-state index in [9.17, 15) is 9.59 Å². The monoisotopic (exact) mass is 388 g/mol. The summed E-state index contributed by atoms with van der Waals surface area (Å²) in [6.45, 7) is 2.17. The van der Waals surface area contributed by atoms with E-state index in [0.717, 1.165) is 40.4 Å². The molecule has 2 aromatic rings. The molecule has 0 fully saturated rings. The molecule has 1 N–H and O–H groups in total. The molecule has 0 bridgehead atoms. The lowest BCUT2D eigenvalue weighted by atomic mass is 10.1. The van der Waals surface area contributed by atoms with Crippen molar-refractivity contribution < 1.29 is 9.59 Å². The summed E-state index contributed by atoms with van der Waals surface area (Å²) in [6.07, 6.45) is 3.03. The molecule has 2 amide bonds. The summed E-state index contributed by atoms with van der Waals surface area (Å²) >= 11 is 7.84. The van der Waals surface area contributed by atoms with E-state index >= 15 is 0 Å². The van der Waals surface area contributed by atoms with Crippen LogP contribution in [0.2, 0.25) is 5.02 Å². The highest BCUT2D eigenvalue weighted by Gasteiger charge is 2.27. The van der Waals surface area contributed by atoms with Gasteiger partial charge in [-0.3, -0.25) is 14.5 Å². The first-order valence-corrected chi connectivity index (χ1v) is 9.89. The number of para-hydroxylation sites is 1. The molecule has 1 aliphatic rings. The zero-order chi connectivity index (χ0) is 18.5. The molecule has 136 valence electrons. The van der Waals surface area contributed by atoms with Gasteiger partial charge in [-0.05, 0) is 43.2 Å². The molecule has 0 spiro atoms. The van der Waals surface area contributed by atoms with Gasteiger partial charge in [-0.2, -0.15) is 0 Å². The number of nitrogens with one attached hydrogen (secondary N) is 1. The standard InChI is InChI=1S/C20H21ClN2O2S/c1-14(24)22-12-6-2-3-9-20(25)23-16-7-4-5-8-18(16)26-19-11-10-15(21)13-17(19)23/h4-5,7-8,10-11,13H,2-3,6,9,12H2,1H3,(H,22,24). The van der Waals surface area contributed by atoms with E-state index in [1.807, 2.05) is 42.5 Å². The number of carbonyl (C=O) groups excluding carboxylic acids is 2. The topological polar surface area (TPSA) is 49.4 Å². The van der Waals surface area contributed by atoms with Crippen LogP contribution in [0.5, 0.6) is 0 Å². The van der Waals surface area contributed by atoms with Crippen LogP contribution in [0.25, 0.3) is 0 Å². The Morgan fingerprint density at radius 3 is 2.62 bits per heavy atom. The Bertz CT molecular complexity index is 825. The minimum atomic E-state index is -0.0167. The maximum Gasteiger partial charge on any atom is 0.231 e. The van der Waals surface area contributed by atoms with E-state index in [0.29, 0.717) is 18.0 Å². The number of anilines is 2. The summed E-state index contributed by atoms with van der Waals surface area (Å²) in [5, 5.41) is 3.40. The van der Waals surface area contributed by atoms with E-state index in [4.69, 9.17) is 11.6 Å². The molecule has 0 saturated heterocycles. The second-order valence-corrected chi connectivity index (χ2v) is 7.72. The Labute approximate surface area is 162 Å². The van der Waals surface area contributed by atoms with Gasteiger partial charge in [0.2, 0.25) is 11.8 Å². The maximum absolute atomic E-state index is 13.0. The summed E-state index contributed by atoms with van der Waals surface area (Å²) < 4.78 is 0. The average molecular weight is 389 g/mol. The van der Waals surface area contributed by atoms with Gasteiger partial charge in [0.15, 0.2) is 0 Å². The van der Waals surface area contributed by atoms with Crippen LogP contribution in [-0.4, -0.2) is 18.4 Å². The number of nitrogens with zero attached hydrogens (tertiary/aromatic N) is 1. The van der Waals surface area contributed by atoms with Crippen LogP contribution in [0.1, 0.15) is 32.6 Å². The predicted octanol–water partition coefficient (Wildman–Crippen LogP) is 5.17. The summed E-state index contributed by atoms with van der Waals surface area (Å²) in [7, 11) is 0. The number of benzene rings is 2. The van der Waals surface area contributed by atoms with Crippen LogP contribution in [0, 0.1) is 0 Å². The Balaban J connectivity index is 1.71. The van der Waals surface area contributed by atoms with Gasteiger partial charge in [-0.1, -0.05) is 41.9 Å². The van der Waals surface area contributed by atoms with Crippen molar-refractivity contribution in [2.24, 2.45) is 0 Å². The van der Waals surface area contributed by atoms with E-state index < -0.39 is 0 Å². The third-order valence-electron chi connectivity index (χ3n) is 4.18. The minimum absolute atomic E-state index is 0.0167. The fourth-order valence-corrected chi connectivity index (χ4v) is 4.16. The van der Waals surface area contributed by atoms with Gasteiger partial charge in [0, 0.05) is 34.7 Å². The lowest BCUT2D eigenvalue weighted by Gasteiger charge is -2.31. The van der Waals surface area contributed by atoms with Crippen molar-refractivity contribution in [3.8, 4) is 0 Å². The van der Waals surface area contributed by atoms with E-state index in [-0.39, 0.29) is 11.8 Å². The molecule has 0 aromatic heterocycles. The van der Waals surface area contributed by atoms with Crippen LogP contribution in [-0.2, 0) is 9.59 Å². The number of amides is 2. The first-order valence-electron chi connectivity index (χ1n) is 8.70. The van der Waals surface area contributed by atoms with Gasteiger partial charge in [0.05, 0.1) is 11.4 Å². The lowest BCUT2D eigenvalue weighted by Crippen LogP contribution is -2.28. The van der Waals surface area contributed by atoms with Crippen LogP contribution >= 0.6 is 23.4 Å². The van der Waals surface area contributed by atoms with Gasteiger partial charge in [0.1, 0.15) is 0 Å². The maximum atomic E-state index is 13.0. The van der Waals surface area contributed by atoms with Crippen molar-refractivity contribution >= 4 is 46.6 Å². The Kier molecular flexibility index (Phi) is 6.22. The SMILES string of the molecule is CC(=O)NCCCCCC(=O)N1c2ccccc2Sc2ccc(Cl)cc21. The van der Waals surface area contributed by atoms with E-state index in [2.05, 4.69) is 5.32 Å². The fraction of sp³-hybridized carbons (Fsp3) is 0.300. The predicted molar refractivity (Wildman–Crippen MR) is 106 cm³/mol. The molecule has 4 nitrogen and oxygen atoms in total. The van der Waals surface area contributed by atoms with Gasteiger partial charge >= 0.3 is 0 Å². The zero-order valence-corrected chi connectivity index (χ0v) is 16.2.